The Hall–Kier alpha value is -0.870. The van der Waals surface area contributed by atoms with Gasteiger partial charge in [-0.05, 0) is 47.0 Å². The zero-order chi connectivity index (χ0) is 11.5. The van der Waals surface area contributed by atoms with Crippen LogP contribution in [0.1, 0.15) is 23.2 Å². The summed E-state index contributed by atoms with van der Waals surface area (Å²) in [5.74, 6) is 0.281. The molecule has 4 heteroatoms. The Morgan fingerprint density at radius 2 is 2.06 bits per heavy atom. The average molecular weight is 284 g/mol. The predicted octanol–water partition coefficient (Wildman–Crippen LogP) is 2.64. The van der Waals surface area contributed by atoms with E-state index in [2.05, 4.69) is 15.9 Å². The number of carbonyl (C=O) groups excluding carboxylic acids is 1. The molecule has 1 aromatic carbocycles. The molecule has 1 fully saturated rings. The van der Waals surface area contributed by atoms with E-state index in [1.807, 2.05) is 0 Å². The van der Waals surface area contributed by atoms with Crippen molar-refractivity contribution >= 4 is 27.4 Å². The van der Waals surface area contributed by atoms with Crippen LogP contribution in [0, 0.1) is 5.92 Å². The number of anilines is 1. The summed E-state index contributed by atoms with van der Waals surface area (Å²) in [5, 5.41) is 0. The molecule has 0 saturated carbocycles. The largest absolute Gasteiger partial charge is 0.399 e. The lowest BCUT2D eigenvalue weighted by atomic mass is 9.91. The minimum Gasteiger partial charge on any atom is -0.399 e. The molecule has 1 heterocycles. The van der Waals surface area contributed by atoms with E-state index in [-0.39, 0.29) is 11.7 Å². The molecule has 2 rings (SSSR count). The third-order valence-electron chi connectivity index (χ3n) is 2.85. The number of benzene rings is 1. The summed E-state index contributed by atoms with van der Waals surface area (Å²) in [5.41, 5.74) is 7.03. The number of hydrogen-bond acceptors (Lipinski definition) is 3. The second-order valence-electron chi connectivity index (χ2n) is 3.99. The summed E-state index contributed by atoms with van der Waals surface area (Å²) in [6.45, 7) is 1.37. The number of halogens is 1. The summed E-state index contributed by atoms with van der Waals surface area (Å²) >= 11 is 3.38. The van der Waals surface area contributed by atoms with Gasteiger partial charge in [-0.25, -0.2) is 0 Å². The molecule has 1 aliphatic heterocycles. The molecule has 1 saturated heterocycles. The topological polar surface area (TPSA) is 52.3 Å². The predicted molar refractivity (Wildman–Crippen MR) is 66.4 cm³/mol. The maximum Gasteiger partial charge on any atom is 0.167 e. The van der Waals surface area contributed by atoms with Gasteiger partial charge in [0, 0.05) is 34.9 Å². The van der Waals surface area contributed by atoms with E-state index in [1.165, 1.54) is 0 Å². The van der Waals surface area contributed by atoms with Crippen LogP contribution in [-0.4, -0.2) is 19.0 Å². The number of ketones is 1. The molecule has 0 aromatic heterocycles. The monoisotopic (exact) mass is 283 g/mol. The van der Waals surface area contributed by atoms with Crippen molar-refractivity contribution in [2.45, 2.75) is 12.8 Å². The van der Waals surface area contributed by atoms with Gasteiger partial charge in [-0.15, -0.1) is 0 Å². The van der Waals surface area contributed by atoms with E-state index < -0.39 is 0 Å². The molecule has 0 spiro atoms. The highest BCUT2D eigenvalue weighted by atomic mass is 79.9. The van der Waals surface area contributed by atoms with E-state index in [9.17, 15) is 4.79 Å². The fourth-order valence-corrected chi connectivity index (χ4v) is 2.50. The molecule has 0 atom stereocenters. The van der Waals surface area contributed by atoms with Gasteiger partial charge in [0.15, 0.2) is 5.78 Å². The molecule has 0 aliphatic carbocycles. The number of hydrogen-bond donors (Lipinski definition) is 1. The maximum atomic E-state index is 12.2. The van der Waals surface area contributed by atoms with Gasteiger partial charge in [-0.2, -0.15) is 0 Å². The van der Waals surface area contributed by atoms with Crippen LogP contribution < -0.4 is 5.73 Å². The lowest BCUT2D eigenvalue weighted by Crippen LogP contribution is -2.23. The Kier molecular flexibility index (Phi) is 3.61. The van der Waals surface area contributed by atoms with Gasteiger partial charge in [-0.1, -0.05) is 0 Å². The highest BCUT2D eigenvalue weighted by Crippen LogP contribution is 2.26. The molecular formula is C12H14BrNO2. The van der Waals surface area contributed by atoms with Gasteiger partial charge in [0.25, 0.3) is 0 Å². The van der Waals surface area contributed by atoms with Crippen LogP contribution >= 0.6 is 15.9 Å². The molecule has 0 unspecified atom stereocenters. The van der Waals surface area contributed by atoms with Crippen molar-refractivity contribution in [2.24, 2.45) is 5.92 Å². The van der Waals surface area contributed by atoms with Crippen LogP contribution in [0.4, 0.5) is 5.69 Å². The van der Waals surface area contributed by atoms with Crippen molar-refractivity contribution in [3.05, 3.63) is 28.2 Å². The standard InChI is InChI=1S/C12H14BrNO2/c13-11-7-9(14)1-2-10(11)12(15)8-3-5-16-6-4-8/h1-2,7-8H,3-6,14H2. The molecule has 2 N–H and O–H groups in total. The van der Waals surface area contributed by atoms with E-state index in [1.54, 1.807) is 18.2 Å². The van der Waals surface area contributed by atoms with E-state index >= 15 is 0 Å². The first kappa shape index (κ1) is 11.6. The summed E-state index contributed by atoms with van der Waals surface area (Å²) in [7, 11) is 0. The summed E-state index contributed by atoms with van der Waals surface area (Å²) in [6.07, 6.45) is 1.63. The zero-order valence-electron chi connectivity index (χ0n) is 8.91. The van der Waals surface area contributed by atoms with Crippen LogP contribution in [0.2, 0.25) is 0 Å². The molecule has 0 amide bonds. The minimum atomic E-state index is 0.0914. The van der Waals surface area contributed by atoms with E-state index in [0.29, 0.717) is 18.9 Å². The van der Waals surface area contributed by atoms with Crippen molar-refractivity contribution < 1.29 is 9.53 Å². The number of rotatable bonds is 2. The van der Waals surface area contributed by atoms with Gasteiger partial charge in [0.1, 0.15) is 0 Å². The number of ether oxygens (including phenoxy) is 1. The first-order chi connectivity index (χ1) is 7.68. The third-order valence-corrected chi connectivity index (χ3v) is 3.51. The van der Waals surface area contributed by atoms with Crippen LogP contribution in [0.25, 0.3) is 0 Å². The minimum absolute atomic E-state index is 0.0914. The van der Waals surface area contributed by atoms with Crippen molar-refractivity contribution in [3.8, 4) is 0 Å². The zero-order valence-corrected chi connectivity index (χ0v) is 10.5. The molecule has 1 aliphatic rings. The van der Waals surface area contributed by atoms with Gasteiger partial charge in [0.05, 0.1) is 0 Å². The van der Waals surface area contributed by atoms with Crippen molar-refractivity contribution in [1.82, 2.24) is 0 Å². The van der Waals surface area contributed by atoms with Gasteiger partial charge in [0.2, 0.25) is 0 Å². The second-order valence-corrected chi connectivity index (χ2v) is 4.84. The van der Waals surface area contributed by atoms with Crippen molar-refractivity contribution in [1.29, 1.82) is 0 Å². The normalized spacial score (nSPS) is 17.3. The summed E-state index contributed by atoms with van der Waals surface area (Å²) < 4.78 is 6.03. The average Bonchev–Trinajstić information content (AvgIpc) is 2.29. The van der Waals surface area contributed by atoms with Crippen molar-refractivity contribution in [3.63, 3.8) is 0 Å². The SMILES string of the molecule is Nc1ccc(C(=O)C2CCOCC2)c(Br)c1. The van der Waals surface area contributed by atoms with E-state index in [4.69, 9.17) is 10.5 Å². The summed E-state index contributed by atoms with van der Waals surface area (Å²) in [4.78, 5) is 12.2. The Balaban J connectivity index is 2.19. The van der Waals surface area contributed by atoms with Gasteiger partial charge in [-0.3, -0.25) is 4.79 Å². The fraction of sp³-hybridized carbons (Fsp3) is 0.417. The van der Waals surface area contributed by atoms with Crippen LogP contribution in [0.5, 0.6) is 0 Å². The first-order valence-corrected chi connectivity index (χ1v) is 6.15. The Labute approximate surface area is 103 Å². The van der Waals surface area contributed by atoms with Crippen LogP contribution in [0.15, 0.2) is 22.7 Å². The molecular weight excluding hydrogens is 270 g/mol. The third kappa shape index (κ3) is 2.44. The molecule has 16 heavy (non-hydrogen) atoms. The Morgan fingerprint density at radius 3 is 2.69 bits per heavy atom. The smallest absolute Gasteiger partial charge is 0.167 e. The Morgan fingerprint density at radius 1 is 1.38 bits per heavy atom. The number of nitrogen functional groups attached to an aromatic ring is 1. The number of nitrogens with two attached hydrogens (primary N) is 1. The highest BCUT2D eigenvalue weighted by molar-refractivity contribution is 9.10. The molecule has 3 nitrogen and oxygen atoms in total. The van der Waals surface area contributed by atoms with E-state index in [0.717, 1.165) is 22.9 Å². The van der Waals surface area contributed by atoms with Crippen molar-refractivity contribution in [2.75, 3.05) is 18.9 Å². The van der Waals surface area contributed by atoms with Crippen LogP contribution in [0.3, 0.4) is 0 Å². The molecule has 0 radical (unpaired) electrons. The molecule has 1 aromatic rings. The summed E-state index contributed by atoms with van der Waals surface area (Å²) in [6, 6.07) is 5.32. The number of Topliss-reactive ketones (excluding diaryl/α,β-unsaturated/α-hetero) is 1. The Bertz CT molecular complexity index is 400. The highest BCUT2D eigenvalue weighted by Gasteiger charge is 2.24. The fourth-order valence-electron chi connectivity index (χ4n) is 1.91. The van der Waals surface area contributed by atoms with Gasteiger partial charge >= 0.3 is 0 Å². The first-order valence-electron chi connectivity index (χ1n) is 5.35. The van der Waals surface area contributed by atoms with Crippen LogP contribution in [-0.2, 0) is 4.74 Å². The second kappa shape index (κ2) is 4.97. The number of carbonyl (C=O) groups is 1. The maximum absolute atomic E-state index is 12.2. The molecule has 86 valence electrons. The lowest BCUT2D eigenvalue weighted by molar-refractivity contribution is 0.0544. The van der Waals surface area contributed by atoms with Gasteiger partial charge < -0.3 is 10.5 Å². The lowest BCUT2D eigenvalue weighted by Gasteiger charge is -2.21. The quantitative estimate of drug-likeness (QED) is 0.671. The molecule has 0 bridgehead atoms.